The fourth-order valence-electron chi connectivity index (χ4n) is 0.543. The van der Waals surface area contributed by atoms with Crippen LogP contribution in [0.2, 0.25) is 0 Å². The molecule has 0 aromatic rings. The van der Waals surface area contributed by atoms with Gasteiger partial charge in [-0.2, -0.15) is 0 Å². The summed E-state index contributed by atoms with van der Waals surface area (Å²) in [6.07, 6.45) is -1.19. The van der Waals surface area contributed by atoms with Crippen molar-refractivity contribution < 1.29 is 56.0 Å². The van der Waals surface area contributed by atoms with Crippen molar-refractivity contribution in [1.82, 2.24) is 0 Å². The van der Waals surface area contributed by atoms with Crippen LogP contribution in [-0.4, -0.2) is 85.7 Å². The summed E-state index contributed by atoms with van der Waals surface area (Å²) in [5, 5.41) is 35.4. The van der Waals surface area contributed by atoms with Crippen molar-refractivity contribution in [2.45, 2.75) is 24.9 Å². The van der Waals surface area contributed by atoms with Crippen LogP contribution in [0.5, 0.6) is 0 Å². The summed E-state index contributed by atoms with van der Waals surface area (Å²) in [5.41, 5.74) is 9.55. The van der Waals surface area contributed by atoms with Gasteiger partial charge in [0.1, 0.15) is 0 Å². The van der Waals surface area contributed by atoms with E-state index in [-0.39, 0.29) is 39.5 Å². The Morgan fingerprint density at radius 1 is 0.773 bits per heavy atom. The van der Waals surface area contributed by atoms with E-state index in [2.05, 4.69) is 0 Å². The fraction of sp³-hybridized carbons (Fsp3) is 0.500. The Hall–Kier alpha value is -1.55. The van der Waals surface area contributed by atoms with Crippen molar-refractivity contribution in [2.75, 3.05) is 0 Å². The molecule has 0 saturated carbocycles. The molecule has 128 valence electrons. The van der Waals surface area contributed by atoms with Gasteiger partial charge in [-0.15, -0.1) is 0 Å². The molecular formula is C8H18MgN2O11. The number of rotatable bonds is 6. The standard InChI is InChI=1S/2C4H7NO4.Mg.3H2O/c2*5-2(4(8)9)1-3(6)7;;;;/h2*2H,1,5H2,(H,6,7)(H,8,9);;3*1H2/q;;+2;;;/p-2/t2*2-;;;;/m00..../s1. The van der Waals surface area contributed by atoms with E-state index in [1.807, 2.05) is 0 Å². The molecule has 0 aromatic carbocycles. The van der Waals surface area contributed by atoms with Crippen molar-refractivity contribution in [1.29, 1.82) is 0 Å². The first kappa shape index (κ1) is 37.0. The number of nitrogens with two attached hydrogens (primary N) is 2. The molecule has 22 heavy (non-hydrogen) atoms. The molecule has 12 N–H and O–H groups in total. The first-order valence-corrected chi connectivity index (χ1v) is 4.44. The second kappa shape index (κ2) is 19.4. The summed E-state index contributed by atoms with van der Waals surface area (Å²) in [5.74, 6) is -5.58. The van der Waals surface area contributed by atoms with Crippen molar-refractivity contribution in [3.63, 3.8) is 0 Å². The van der Waals surface area contributed by atoms with Gasteiger partial charge in [-0.05, 0) is 0 Å². The van der Waals surface area contributed by atoms with Crippen molar-refractivity contribution in [2.24, 2.45) is 11.5 Å². The first-order valence-electron chi connectivity index (χ1n) is 4.44. The van der Waals surface area contributed by atoms with Gasteiger partial charge < -0.3 is 57.9 Å². The molecule has 0 saturated heterocycles. The van der Waals surface area contributed by atoms with Crippen molar-refractivity contribution in [3.8, 4) is 0 Å². The van der Waals surface area contributed by atoms with E-state index < -0.39 is 48.8 Å². The molecular weight excluding hydrogens is 324 g/mol. The molecule has 0 bridgehead atoms. The zero-order chi connectivity index (χ0) is 14.9. The average molecular weight is 343 g/mol. The summed E-state index contributed by atoms with van der Waals surface area (Å²) in [6, 6.07) is -2.80. The van der Waals surface area contributed by atoms with Crippen LogP contribution in [0, 0.1) is 0 Å². The van der Waals surface area contributed by atoms with Gasteiger partial charge in [0.15, 0.2) is 0 Å². The Morgan fingerprint density at radius 2 is 0.955 bits per heavy atom. The Morgan fingerprint density at radius 3 is 1.00 bits per heavy atom. The molecule has 0 heterocycles. The van der Waals surface area contributed by atoms with E-state index in [1.165, 1.54) is 0 Å². The number of carboxylic acids is 4. The summed E-state index contributed by atoms with van der Waals surface area (Å²) in [7, 11) is 0. The zero-order valence-corrected chi connectivity index (χ0v) is 12.7. The van der Waals surface area contributed by atoms with Gasteiger partial charge >= 0.3 is 35.0 Å². The van der Waals surface area contributed by atoms with Crippen LogP contribution in [0.25, 0.3) is 0 Å². The third kappa shape index (κ3) is 26.9. The summed E-state index contributed by atoms with van der Waals surface area (Å²) in [4.78, 5) is 39.0. The number of carbonyl (C=O) groups excluding carboxylic acids is 2. The smallest absolute Gasteiger partial charge is 0.548 e. The molecule has 13 nitrogen and oxygen atoms in total. The monoisotopic (exact) mass is 342 g/mol. The summed E-state index contributed by atoms with van der Waals surface area (Å²) in [6.45, 7) is 0. The first-order chi connectivity index (χ1) is 8.07. The number of hydrogen-bond donors (Lipinski definition) is 4. The normalized spacial score (nSPS) is 10.3. The summed E-state index contributed by atoms with van der Waals surface area (Å²) < 4.78 is 0. The van der Waals surface area contributed by atoms with E-state index in [1.54, 1.807) is 0 Å². The minimum atomic E-state index is -1.54. The van der Waals surface area contributed by atoms with E-state index >= 15 is 0 Å². The minimum Gasteiger partial charge on any atom is -0.548 e. The molecule has 2 atom stereocenters. The van der Waals surface area contributed by atoms with Crippen molar-refractivity contribution >= 4 is 46.9 Å². The minimum absolute atomic E-state index is 0. The van der Waals surface area contributed by atoms with Gasteiger partial charge in [-0.25, -0.2) is 0 Å². The largest absolute Gasteiger partial charge is 2.00 e. The van der Waals surface area contributed by atoms with E-state index in [0.29, 0.717) is 0 Å². The van der Waals surface area contributed by atoms with Crippen LogP contribution >= 0.6 is 0 Å². The number of aliphatic carboxylic acids is 4. The molecule has 0 spiro atoms. The molecule has 0 aliphatic carbocycles. The van der Waals surface area contributed by atoms with Gasteiger partial charge in [0.25, 0.3) is 0 Å². The molecule has 0 aliphatic heterocycles. The molecule has 0 aromatic heterocycles. The molecule has 0 amide bonds. The second-order valence-corrected chi connectivity index (χ2v) is 3.05. The van der Waals surface area contributed by atoms with Gasteiger partial charge in [-0.1, -0.05) is 0 Å². The third-order valence-electron chi connectivity index (χ3n) is 1.39. The molecule has 0 unspecified atom stereocenters. The Kier molecular flexibility index (Phi) is 32.7. The van der Waals surface area contributed by atoms with Gasteiger partial charge in [-0.3, -0.25) is 9.59 Å². The quantitative estimate of drug-likeness (QED) is 0.330. The third-order valence-corrected chi connectivity index (χ3v) is 1.39. The van der Waals surface area contributed by atoms with Gasteiger partial charge in [0.2, 0.25) is 0 Å². The van der Waals surface area contributed by atoms with Crippen LogP contribution < -0.4 is 21.7 Å². The topological polar surface area (TPSA) is 301 Å². The van der Waals surface area contributed by atoms with Gasteiger partial charge in [0.05, 0.1) is 36.9 Å². The molecule has 0 radical (unpaired) electrons. The number of hydrogen-bond acceptors (Lipinski definition) is 8. The maximum atomic E-state index is 9.74. The molecule has 14 heteroatoms. The van der Waals surface area contributed by atoms with E-state index in [9.17, 15) is 29.4 Å². The fourth-order valence-corrected chi connectivity index (χ4v) is 0.543. The van der Waals surface area contributed by atoms with Crippen LogP contribution in [0.1, 0.15) is 12.8 Å². The Bertz CT molecular complexity index is 306. The zero-order valence-electron chi connectivity index (χ0n) is 11.3. The van der Waals surface area contributed by atoms with E-state index in [4.69, 9.17) is 21.7 Å². The van der Waals surface area contributed by atoms with Crippen molar-refractivity contribution in [3.05, 3.63) is 0 Å². The molecule has 0 rings (SSSR count). The Labute approximate surface area is 140 Å². The predicted molar refractivity (Wildman–Crippen MR) is 67.1 cm³/mol. The van der Waals surface area contributed by atoms with Crippen LogP contribution in [0.3, 0.4) is 0 Å². The second-order valence-electron chi connectivity index (χ2n) is 3.05. The average Bonchev–Trinajstić information content (AvgIpc) is 2.16. The predicted octanol–water partition coefficient (Wildman–Crippen LogP) is -7.78. The van der Waals surface area contributed by atoms with Gasteiger partial charge in [0, 0.05) is 0 Å². The SMILES string of the molecule is N[C@@H](CC(=O)O)C(=O)[O-].N[C@@H](CC(=O)O)C(=O)[O-].O.O.O.[Mg+2]. The van der Waals surface area contributed by atoms with Crippen LogP contribution in [0.4, 0.5) is 0 Å². The molecule has 0 fully saturated rings. The summed E-state index contributed by atoms with van der Waals surface area (Å²) >= 11 is 0. The molecule has 0 aliphatic rings. The number of carbonyl (C=O) groups is 4. The maximum absolute atomic E-state index is 9.74. The maximum Gasteiger partial charge on any atom is 2.00 e. The number of carboxylic acid groups (broad SMARTS) is 4. The van der Waals surface area contributed by atoms with Crippen LogP contribution in [-0.2, 0) is 19.2 Å². The van der Waals surface area contributed by atoms with E-state index in [0.717, 1.165) is 0 Å². The Balaban J connectivity index is -0.0000000492. The van der Waals surface area contributed by atoms with Crippen LogP contribution in [0.15, 0.2) is 0 Å².